The van der Waals surface area contributed by atoms with E-state index in [0.717, 1.165) is 35.1 Å². The molecule has 0 saturated heterocycles. The molecule has 0 aliphatic heterocycles. The third-order valence-corrected chi connectivity index (χ3v) is 6.93. The molecule has 1 saturated carbocycles. The standard InChI is InChI=1S/C31H42O/c1-4-6-7-8-10-25(3)32-31-23-17-28(18-24-31)12-11-27-15-21-30(22-16-27)29-19-13-26(9-5-2)14-20-29/h15-18,21-26,29H,4-10,13-14,19-20H2,1-3H3/t25-,26?,29?/m1/s1. The van der Waals surface area contributed by atoms with Crippen molar-refractivity contribution in [3.8, 4) is 17.6 Å². The Morgan fingerprint density at radius 3 is 2.00 bits per heavy atom. The Hall–Kier alpha value is -2.20. The minimum absolute atomic E-state index is 0.268. The molecular weight excluding hydrogens is 388 g/mol. The molecule has 0 spiro atoms. The molecule has 1 aliphatic rings. The first-order valence-electron chi connectivity index (χ1n) is 13.1. The van der Waals surface area contributed by atoms with Crippen LogP contribution in [-0.2, 0) is 0 Å². The van der Waals surface area contributed by atoms with E-state index in [1.807, 2.05) is 12.1 Å². The third kappa shape index (κ3) is 8.05. The van der Waals surface area contributed by atoms with E-state index in [9.17, 15) is 0 Å². The molecule has 0 amide bonds. The lowest BCUT2D eigenvalue weighted by Gasteiger charge is -2.28. The fourth-order valence-electron chi connectivity index (χ4n) is 4.94. The van der Waals surface area contributed by atoms with Gasteiger partial charge < -0.3 is 4.74 Å². The molecule has 0 radical (unpaired) electrons. The summed E-state index contributed by atoms with van der Waals surface area (Å²) in [5.74, 6) is 9.28. The monoisotopic (exact) mass is 430 g/mol. The zero-order chi connectivity index (χ0) is 22.6. The minimum atomic E-state index is 0.268. The molecule has 1 nitrogen and oxygen atoms in total. The van der Waals surface area contributed by atoms with E-state index in [-0.39, 0.29) is 6.10 Å². The van der Waals surface area contributed by atoms with Crippen LogP contribution in [0.1, 0.15) is 114 Å². The SMILES string of the molecule is CCCCCC[C@@H](C)Oc1ccc(C#Cc2ccc(C3CCC(CCC)CC3)cc2)cc1. The smallest absolute Gasteiger partial charge is 0.119 e. The van der Waals surface area contributed by atoms with E-state index in [0.29, 0.717) is 0 Å². The van der Waals surface area contributed by atoms with Crippen molar-refractivity contribution < 1.29 is 4.74 Å². The lowest BCUT2D eigenvalue weighted by molar-refractivity contribution is 0.206. The number of ether oxygens (including phenoxy) is 1. The quantitative estimate of drug-likeness (QED) is 0.270. The van der Waals surface area contributed by atoms with E-state index in [2.05, 4.69) is 69.0 Å². The molecule has 0 N–H and O–H groups in total. The van der Waals surface area contributed by atoms with Crippen LogP contribution in [0.15, 0.2) is 48.5 Å². The summed E-state index contributed by atoms with van der Waals surface area (Å²) >= 11 is 0. The Kier molecular flexibility index (Phi) is 10.2. The third-order valence-electron chi connectivity index (χ3n) is 6.93. The van der Waals surface area contributed by atoms with Crippen molar-refractivity contribution in [3.05, 3.63) is 65.2 Å². The van der Waals surface area contributed by atoms with Crippen molar-refractivity contribution in [1.29, 1.82) is 0 Å². The summed E-state index contributed by atoms with van der Waals surface area (Å²) in [5, 5.41) is 0. The van der Waals surface area contributed by atoms with Crippen molar-refractivity contribution >= 4 is 0 Å². The largest absolute Gasteiger partial charge is 0.491 e. The Balaban J connectivity index is 1.48. The van der Waals surface area contributed by atoms with Crippen LogP contribution >= 0.6 is 0 Å². The second-order valence-electron chi connectivity index (χ2n) is 9.68. The van der Waals surface area contributed by atoms with Crippen molar-refractivity contribution in [2.45, 2.75) is 103 Å². The summed E-state index contributed by atoms with van der Waals surface area (Å²) in [6.45, 7) is 6.73. The average molecular weight is 431 g/mol. The molecule has 1 aliphatic carbocycles. The molecule has 1 heteroatoms. The van der Waals surface area contributed by atoms with Gasteiger partial charge in [-0.05, 0) is 99.2 Å². The van der Waals surface area contributed by atoms with Gasteiger partial charge in [0.15, 0.2) is 0 Å². The molecular formula is C31H42O. The van der Waals surface area contributed by atoms with Crippen LogP contribution in [0.2, 0.25) is 0 Å². The average Bonchev–Trinajstić information content (AvgIpc) is 2.82. The molecule has 1 fully saturated rings. The van der Waals surface area contributed by atoms with Crippen LogP contribution in [0.3, 0.4) is 0 Å². The normalized spacial score (nSPS) is 19.1. The molecule has 172 valence electrons. The van der Waals surface area contributed by atoms with Gasteiger partial charge >= 0.3 is 0 Å². The Morgan fingerprint density at radius 1 is 0.781 bits per heavy atom. The first-order valence-corrected chi connectivity index (χ1v) is 13.1. The number of hydrogen-bond donors (Lipinski definition) is 0. The van der Waals surface area contributed by atoms with Crippen LogP contribution in [0.25, 0.3) is 0 Å². The minimum Gasteiger partial charge on any atom is -0.491 e. The fraction of sp³-hybridized carbons (Fsp3) is 0.548. The van der Waals surface area contributed by atoms with Crippen molar-refractivity contribution in [3.63, 3.8) is 0 Å². The molecule has 0 bridgehead atoms. The number of unbranched alkanes of at least 4 members (excludes halogenated alkanes) is 3. The maximum absolute atomic E-state index is 6.06. The highest BCUT2D eigenvalue weighted by Crippen LogP contribution is 2.37. The Morgan fingerprint density at radius 2 is 1.41 bits per heavy atom. The summed E-state index contributed by atoms with van der Waals surface area (Å²) in [4.78, 5) is 0. The molecule has 1 atom stereocenters. The van der Waals surface area contributed by atoms with Crippen LogP contribution in [-0.4, -0.2) is 6.10 Å². The van der Waals surface area contributed by atoms with Gasteiger partial charge in [0.1, 0.15) is 5.75 Å². The van der Waals surface area contributed by atoms with Gasteiger partial charge in [0.2, 0.25) is 0 Å². The molecule has 2 aromatic rings. The van der Waals surface area contributed by atoms with Crippen LogP contribution < -0.4 is 4.74 Å². The molecule has 32 heavy (non-hydrogen) atoms. The van der Waals surface area contributed by atoms with Gasteiger partial charge in [-0.3, -0.25) is 0 Å². The Bertz CT molecular complexity index is 829. The van der Waals surface area contributed by atoms with Crippen LogP contribution in [0.5, 0.6) is 5.75 Å². The van der Waals surface area contributed by atoms with E-state index in [1.54, 1.807) is 0 Å². The van der Waals surface area contributed by atoms with Gasteiger partial charge in [0.25, 0.3) is 0 Å². The first-order chi connectivity index (χ1) is 15.7. The fourth-order valence-corrected chi connectivity index (χ4v) is 4.94. The maximum Gasteiger partial charge on any atom is 0.119 e. The van der Waals surface area contributed by atoms with E-state index >= 15 is 0 Å². The number of hydrogen-bond acceptors (Lipinski definition) is 1. The van der Waals surface area contributed by atoms with Crippen LogP contribution in [0.4, 0.5) is 0 Å². The van der Waals surface area contributed by atoms with Crippen molar-refractivity contribution in [2.24, 2.45) is 5.92 Å². The summed E-state index contributed by atoms with van der Waals surface area (Å²) in [7, 11) is 0. The van der Waals surface area contributed by atoms with Gasteiger partial charge in [-0.25, -0.2) is 0 Å². The van der Waals surface area contributed by atoms with Gasteiger partial charge in [-0.1, -0.05) is 69.9 Å². The summed E-state index contributed by atoms with van der Waals surface area (Å²) in [6.07, 6.45) is 14.8. The van der Waals surface area contributed by atoms with E-state index in [1.165, 1.54) is 69.8 Å². The van der Waals surface area contributed by atoms with Gasteiger partial charge in [-0.15, -0.1) is 0 Å². The summed E-state index contributed by atoms with van der Waals surface area (Å²) < 4.78 is 6.06. The number of rotatable bonds is 10. The maximum atomic E-state index is 6.06. The second kappa shape index (κ2) is 13.4. The molecule has 0 aromatic heterocycles. The zero-order valence-electron chi connectivity index (χ0n) is 20.5. The first kappa shape index (κ1) is 24.4. The summed E-state index contributed by atoms with van der Waals surface area (Å²) in [6, 6.07) is 17.2. The molecule has 0 heterocycles. The topological polar surface area (TPSA) is 9.23 Å². The Labute approximate surface area is 197 Å². The zero-order valence-corrected chi connectivity index (χ0v) is 20.5. The van der Waals surface area contributed by atoms with E-state index in [4.69, 9.17) is 4.74 Å². The van der Waals surface area contributed by atoms with Crippen molar-refractivity contribution in [2.75, 3.05) is 0 Å². The lowest BCUT2D eigenvalue weighted by atomic mass is 9.77. The van der Waals surface area contributed by atoms with Gasteiger partial charge in [-0.2, -0.15) is 0 Å². The predicted octanol–water partition coefficient (Wildman–Crippen LogP) is 8.90. The highest BCUT2D eigenvalue weighted by atomic mass is 16.5. The van der Waals surface area contributed by atoms with Crippen molar-refractivity contribution in [1.82, 2.24) is 0 Å². The number of benzene rings is 2. The highest BCUT2D eigenvalue weighted by molar-refractivity contribution is 5.45. The lowest BCUT2D eigenvalue weighted by Crippen LogP contribution is -2.13. The summed E-state index contributed by atoms with van der Waals surface area (Å²) in [5.41, 5.74) is 3.62. The highest BCUT2D eigenvalue weighted by Gasteiger charge is 2.21. The van der Waals surface area contributed by atoms with Gasteiger partial charge in [0, 0.05) is 11.1 Å². The molecule has 0 unspecified atom stereocenters. The van der Waals surface area contributed by atoms with Gasteiger partial charge in [0.05, 0.1) is 6.10 Å². The molecule has 3 rings (SSSR count). The second-order valence-corrected chi connectivity index (χ2v) is 9.68. The predicted molar refractivity (Wildman–Crippen MR) is 137 cm³/mol. The van der Waals surface area contributed by atoms with E-state index < -0.39 is 0 Å². The molecule has 2 aromatic carbocycles. The van der Waals surface area contributed by atoms with Crippen LogP contribution in [0, 0.1) is 17.8 Å².